The zero-order valence-electron chi connectivity index (χ0n) is 11.3. The fourth-order valence-corrected chi connectivity index (χ4v) is 2.66. The summed E-state index contributed by atoms with van der Waals surface area (Å²) in [5.41, 5.74) is 7.85. The monoisotopic (exact) mass is 270 g/mol. The van der Waals surface area contributed by atoms with Gasteiger partial charge in [0.2, 0.25) is 0 Å². The van der Waals surface area contributed by atoms with Crippen molar-refractivity contribution < 1.29 is 4.74 Å². The highest BCUT2D eigenvalue weighted by molar-refractivity contribution is 5.85. The van der Waals surface area contributed by atoms with E-state index in [-0.39, 0.29) is 18.0 Å². The molecule has 1 fully saturated rings. The molecule has 0 aliphatic carbocycles. The molecule has 1 unspecified atom stereocenters. The van der Waals surface area contributed by atoms with Crippen molar-refractivity contribution >= 4 is 18.1 Å². The summed E-state index contributed by atoms with van der Waals surface area (Å²) in [5, 5.41) is 0. The number of nitrogens with zero attached hydrogens (tertiary/aromatic N) is 1. The molecule has 1 aromatic rings. The summed E-state index contributed by atoms with van der Waals surface area (Å²) in [5.74, 6) is 0. The first-order valence-corrected chi connectivity index (χ1v) is 6.19. The number of nitrogen functional groups attached to an aromatic ring is 1. The largest absolute Gasteiger partial charge is 0.399 e. The van der Waals surface area contributed by atoms with Crippen LogP contribution in [-0.2, 0) is 11.3 Å². The standard InChI is InChI=1S/C14H22N2O.ClH/c1-11-8-16(10-14(2,3)17-11)9-12-5-4-6-13(15)7-12;/h4-7,11H,8-10,15H2,1-3H3;1H. The molecular formula is C14H23ClN2O. The highest BCUT2D eigenvalue weighted by Crippen LogP contribution is 2.22. The van der Waals surface area contributed by atoms with E-state index in [0.717, 1.165) is 25.3 Å². The first kappa shape index (κ1) is 15.3. The van der Waals surface area contributed by atoms with Crippen LogP contribution in [0.15, 0.2) is 24.3 Å². The van der Waals surface area contributed by atoms with Crippen molar-refractivity contribution in [2.75, 3.05) is 18.8 Å². The molecule has 3 nitrogen and oxygen atoms in total. The highest BCUT2D eigenvalue weighted by atomic mass is 35.5. The van der Waals surface area contributed by atoms with Crippen LogP contribution in [0, 0.1) is 0 Å². The first-order chi connectivity index (χ1) is 7.94. The van der Waals surface area contributed by atoms with Crippen molar-refractivity contribution in [3.05, 3.63) is 29.8 Å². The maximum absolute atomic E-state index is 5.90. The van der Waals surface area contributed by atoms with Crippen molar-refractivity contribution in [2.45, 2.75) is 39.0 Å². The van der Waals surface area contributed by atoms with Gasteiger partial charge in [-0.25, -0.2) is 0 Å². The Bertz CT molecular complexity index is 395. The lowest BCUT2D eigenvalue weighted by molar-refractivity contribution is -0.130. The molecule has 1 saturated heterocycles. The zero-order valence-corrected chi connectivity index (χ0v) is 12.2. The van der Waals surface area contributed by atoms with Gasteiger partial charge >= 0.3 is 0 Å². The van der Waals surface area contributed by atoms with Gasteiger partial charge in [0.05, 0.1) is 11.7 Å². The maximum Gasteiger partial charge on any atom is 0.0757 e. The number of benzene rings is 1. The SMILES string of the molecule is CC1CN(Cc2cccc(N)c2)CC(C)(C)O1.Cl. The van der Waals surface area contributed by atoms with Gasteiger partial charge < -0.3 is 10.5 Å². The van der Waals surface area contributed by atoms with E-state index in [0.29, 0.717) is 6.10 Å². The maximum atomic E-state index is 5.90. The first-order valence-electron chi connectivity index (χ1n) is 6.19. The minimum absolute atomic E-state index is 0. The second kappa shape index (κ2) is 5.91. The zero-order chi connectivity index (χ0) is 12.5. The van der Waals surface area contributed by atoms with Crippen LogP contribution in [0.4, 0.5) is 5.69 Å². The molecular weight excluding hydrogens is 248 g/mol. The van der Waals surface area contributed by atoms with E-state index in [1.807, 2.05) is 18.2 Å². The third-order valence-corrected chi connectivity index (χ3v) is 3.00. The fourth-order valence-electron chi connectivity index (χ4n) is 2.66. The van der Waals surface area contributed by atoms with Gasteiger partial charge in [0.25, 0.3) is 0 Å². The quantitative estimate of drug-likeness (QED) is 0.840. The molecule has 0 saturated carbocycles. The van der Waals surface area contributed by atoms with Gasteiger partial charge in [-0.2, -0.15) is 0 Å². The van der Waals surface area contributed by atoms with E-state index in [1.54, 1.807) is 0 Å². The lowest BCUT2D eigenvalue weighted by atomic mass is 10.0. The molecule has 0 bridgehead atoms. The van der Waals surface area contributed by atoms with Gasteiger partial charge in [0.1, 0.15) is 0 Å². The van der Waals surface area contributed by atoms with Crippen molar-refractivity contribution in [3.63, 3.8) is 0 Å². The van der Waals surface area contributed by atoms with Gasteiger partial charge in [-0.3, -0.25) is 4.90 Å². The Labute approximate surface area is 116 Å². The Balaban J connectivity index is 0.00000162. The van der Waals surface area contributed by atoms with Crippen molar-refractivity contribution in [3.8, 4) is 0 Å². The van der Waals surface area contributed by atoms with Crippen LogP contribution in [-0.4, -0.2) is 29.7 Å². The Morgan fingerprint density at radius 2 is 2.17 bits per heavy atom. The summed E-state index contributed by atoms with van der Waals surface area (Å²) in [6.07, 6.45) is 0.291. The van der Waals surface area contributed by atoms with E-state index < -0.39 is 0 Å². The Kier molecular flexibility index (Phi) is 5.02. The number of halogens is 1. The highest BCUT2D eigenvalue weighted by Gasteiger charge is 2.30. The number of rotatable bonds is 2. The van der Waals surface area contributed by atoms with Crippen LogP contribution < -0.4 is 5.73 Å². The third-order valence-electron chi connectivity index (χ3n) is 3.00. The average Bonchev–Trinajstić information content (AvgIpc) is 2.13. The predicted octanol–water partition coefficient (Wildman–Crippen LogP) is 2.69. The molecule has 0 radical (unpaired) electrons. The molecule has 1 heterocycles. The van der Waals surface area contributed by atoms with Crippen LogP contribution >= 0.6 is 12.4 Å². The van der Waals surface area contributed by atoms with Crippen LogP contribution in [0.1, 0.15) is 26.3 Å². The fraction of sp³-hybridized carbons (Fsp3) is 0.571. The predicted molar refractivity (Wildman–Crippen MR) is 78.0 cm³/mol. The summed E-state index contributed by atoms with van der Waals surface area (Å²) in [4.78, 5) is 2.43. The molecule has 0 aromatic heterocycles. The van der Waals surface area contributed by atoms with Crippen LogP contribution in [0.2, 0.25) is 0 Å². The molecule has 2 N–H and O–H groups in total. The second-order valence-corrected chi connectivity index (χ2v) is 5.60. The number of anilines is 1. The van der Waals surface area contributed by atoms with E-state index >= 15 is 0 Å². The summed E-state index contributed by atoms with van der Waals surface area (Å²) >= 11 is 0. The van der Waals surface area contributed by atoms with E-state index in [1.165, 1.54) is 5.56 Å². The van der Waals surface area contributed by atoms with Crippen molar-refractivity contribution in [2.24, 2.45) is 0 Å². The van der Waals surface area contributed by atoms with E-state index in [9.17, 15) is 0 Å². The molecule has 0 spiro atoms. The number of ether oxygens (including phenoxy) is 1. The van der Waals surface area contributed by atoms with Crippen LogP contribution in [0.5, 0.6) is 0 Å². The van der Waals surface area contributed by atoms with Crippen LogP contribution in [0.25, 0.3) is 0 Å². The van der Waals surface area contributed by atoms with Crippen molar-refractivity contribution in [1.82, 2.24) is 4.90 Å². The summed E-state index contributed by atoms with van der Waals surface area (Å²) in [6, 6.07) is 8.12. The summed E-state index contributed by atoms with van der Waals surface area (Å²) in [7, 11) is 0. The average molecular weight is 271 g/mol. The lowest BCUT2D eigenvalue weighted by Gasteiger charge is -2.41. The van der Waals surface area contributed by atoms with E-state index in [4.69, 9.17) is 10.5 Å². The van der Waals surface area contributed by atoms with Crippen molar-refractivity contribution in [1.29, 1.82) is 0 Å². The number of nitrogens with two attached hydrogens (primary N) is 1. The van der Waals surface area contributed by atoms with Gasteiger partial charge in [-0.05, 0) is 38.5 Å². The molecule has 0 amide bonds. The number of hydrogen-bond donors (Lipinski definition) is 1. The molecule has 4 heteroatoms. The Hall–Kier alpha value is -0.770. The topological polar surface area (TPSA) is 38.5 Å². The van der Waals surface area contributed by atoms with E-state index in [2.05, 4.69) is 31.7 Å². The number of morpholine rings is 1. The van der Waals surface area contributed by atoms with Gasteiger partial charge in [-0.1, -0.05) is 12.1 Å². The molecule has 1 atom stereocenters. The third kappa shape index (κ3) is 4.16. The molecule has 18 heavy (non-hydrogen) atoms. The molecule has 102 valence electrons. The normalized spacial score (nSPS) is 23.4. The molecule has 1 aliphatic rings. The van der Waals surface area contributed by atoms with Gasteiger partial charge in [0.15, 0.2) is 0 Å². The van der Waals surface area contributed by atoms with Gasteiger partial charge in [-0.15, -0.1) is 12.4 Å². The minimum Gasteiger partial charge on any atom is -0.399 e. The van der Waals surface area contributed by atoms with Gasteiger partial charge in [0, 0.05) is 25.3 Å². The Morgan fingerprint density at radius 1 is 1.44 bits per heavy atom. The molecule has 1 aromatic carbocycles. The minimum atomic E-state index is -0.0575. The van der Waals surface area contributed by atoms with Crippen LogP contribution in [0.3, 0.4) is 0 Å². The lowest BCUT2D eigenvalue weighted by Crippen LogP contribution is -2.51. The molecule has 1 aliphatic heterocycles. The molecule has 2 rings (SSSR count). The summed E-state index contributed by atoms with van der Waals surface area (Å²) in [6.45, 7) is 9.32. The number of hydrogen-bond acceptors (Lipinski definition) is 3. The Morgan fingerprint density at radius 3 is 2.78 bits per heavy atom. The smallest absolute Gasteiger partial charge is 0.0757 e. The summed E-state index contributed by atoms with van der Waals surface area (Å²) < 4.78 is 5.90. The second-order valence-electron chi connectivity index (χ2n) is 5.60.